The van der Waals surface area contributed by atoms with Gasteiger partial charge < -0.3 is 10.6 Å². The van der Waals surface area contributed by atoms with Gasteiger partial charge in [-0.3, -0.25) is 0 Å². The first-order valence-electron chi connectivity index (χ1n) is 3.46. The van der Waals surface area contributed by atoms with Crippen molar-refractivity contribution in [3.63, 3.8) is 0 Å². The number of nitrogens with one attached hydrogen (secondary N) is 1. The minimum atomic E-state index is 0.725. The average Bonchev–Trinajstić information content (AvgIpc) is 1.89. The summed E-state index contributed by atoms with van der Waals surface area (Å²) in [5, 5.41) is 0. The fraction of sp³-hybridized carbons (Fsp3) is 1.00. The average molecular weight is 132 g/mol. The maximum Gasteiger partial charge on any atom is 0.0653 e. The zero-order valence-electron chi connectivity index (χ0n) is 6.02. The van der Waals surface area contributed by atoms with Crippen LogP contribution in [0, 0.1) is 0 Å². The van der Waals surface area contributed by atoms with Crippen LogP contribution >= 0.6 is 0 Å². The summed E-state index contributed by atoms with van der Waals surface area (Å²) >= 11 is 0. The van der Waals surface area contributed by atoms with Gasteiger partial charge in [-0.05, 0) is 26.3 Å². The molecule has 0 amide bonds. The van der Waals surface area contributed by atoms with E-state index in [0.717, 1.165) is 32.5 Å². The highest BCUT2D eigenvalue weighted by molar-refractivity contribution is 4.40. The highest BCUT2D eigenvalue weighted by atomic mass is 16.6. The first-order chi connectivity index (χ1) is 4.41. The van der Waals surface area contributed by atoms with Gasteiger partial charge in [0.25, 0.3) is 0 Å². The summed E-state index contributed by atoms with van der Waals surface area (Å²) in [6.45, 7) is 4.36. The number of nitrogens with two attached hydrogens (primary N) is 1. The minimum Gasteiger partial charge on any atom is -0.330 e. The molecular formula is C6H16N2O. The van der Waals surface area contributed by atoms with E-state index in [-0.39, 0.29) is 0 Å². The van der Waals surface area contributed by atoms with E-state index in [2.05, 4.69) is 5.48 Å². The maximum atomic E-state index is 5.27. The van der Waals surface area contributed by atoms with Crippen molar-refractivity contribution in [3.8, 4) is 0 Å². The molecule has 0 radical (unpaired) electrons. The standard InChI is InChI=1S/C6H16N2O/c1-2-9-8-6-4-3-5-7/h8H,2-7H2,1H3. The fourth-order valence-electron chi connectivity index (χ4n) is 0.516. The van der Waals surface area contributed by atoms with Crippen molar-refractivity contribution in [1.82, 2.24) is 5.48 Å². The van der Waals surface area contributed by atoms with Gasteiger partial charge in [0.15, 0.2) is 0 Å². The molecule has 0 unspecified atom stereocenters. The third-order valence-corrected chi connectivity index (χ3v) is 0.979. The third-order valence-electron chi connectivity index (χ3n) is 0.979. The fourth-order valence-corrected chi connectivity index (χ4v) is 0.516. The zero-order valence-corrected chi connectivity index (χ0v) is 6.02. The maximum absolute atomic E-state index is 5.27. The van der Waals surface area contributed by atoms with E-state index in [9.17, 15) is 0 Å². The summed E-state index contributed by atoms with van der Waals surface area (Å²) in [5.41, 5.74) is 8.09. The van der Waals surface area contributed by atoms with E-state index in [4.69, 9.17) is 10.6 Å². The predicted octanol–water partition coefficient (Wildman–Crippen LogP) is 0.266. The Morgan fingerprint density at radius 2 is 2.22 bits per heavy atom. The van der Waals surface area contributed by atoms with Gasteiger partial charge in [0.2, 0.25) is 0 Å². The summed E-state index contributed by atoms with van der Waals surface area (Å²) in [6, 6.07) is 0. The third kappa shape index (κ3) is 7.88. The highest BCUT2D eigenvalue weighted by Crippen LogP contribution is 1.81. The van der Waals surface area contributed by atoms with E-state index >= 15 is 0 Å². The van der Waals surface area contributed by atoms with Gasteiger partial charge >= 0.3 is 0 Å². The molecule has 0 spiro atoms. The van der Waals surface area contributed by atoms with Crippen molar-refractivity contribution in [3.05, 3.63) is 0 Å². The van der Waals surface area contributed by atoms with E-state index in [1.165, 1.54) is 0 Å². The molecule has 0 aliphatic rings. The first kappa shape index (κ1) is 8.88. The molecule has 0 fully saturated rings. The number of hydrogen-bond acceptors (Lipinski definition) is 3. The molecule has 0 rings (SSSR count). The summed E-state index contributed by atoms with van der Waals surface area (Å²) in [6.07, 6.45) is 2.16. The second kappa shape index (κ2) is 7.88. The van der Waals surface area contributed by atoms with Crippen LogP contribution in [0.3, 0.4) is 0 Å². The summed E-state index contributed by atoms with van der Waals surface area (Å²) < 4.78 is 0. The molecule has 3 N–H and O–H groups in total. The Morgan fingerprint density at radius 3 is 2.78 bits per heavy atom. The molecule has 0 aliphatic heterocycles. The predicted molar refractivity (Wildman–Crippen MR) is 37.9 cm³/mol. The smallest absolute Gasteiger partial charge is 0.0653 e. The number of hydroxylamine groups is 1. The van der Waals surface area contributed by atoms with Gasteiger partial charge in [0.05, 0.1) is 6.61 Å². The van der Waals surface area contributed by atoms with E-state index in [1.54, 1.807) is 0 Å². The van der Waals surface area contributed by atoms with Gasteiger partial charge in [-0.2, -0.15) is 0 Å². The van der Waals surface area contributed by atoms with Crippen LogP contribution < -0.4 is 11.2 Å². The molecule has 0 saturated heterocycles. The summed E-state index contributed by atoms with van der Waals surface area (Å²) in [7, 11) is 0. The van der Waals surface area contributed by atoms with Crippen molar-refractivity contribution in [2.24, 2.45) is 5.73 Å². The molecule has 0 heterocycles. The van der Waals surface area contributed by atoms with Crippen LogP contribution in [0.2, 0.25) is 0 Å². The summed E-state index contributed by atoms with van der Waals surface area (Å²) in [5.74, 6) is 0. The quantitative estimate of drug-likeness (QED) is 0.403. The van der Waals surface area contributed by atoms with Gasteiger partial charge in [-0.15, -0.1) is 0 Å². The van der Waals surface area contributed by atoms with Gasteiger partial charge in [-0.1, -0.05) is 0 Å². The van der Waals surface area contributed by atoms with Crippen molar-refractivity contribution in [1.29, 1.82) is 0 Å². The van der Waals surface area contributed by atoms with Crippen LogP contribution in [0.25, 0.3) is 0 Å². The van der Waals surface area contributed by atoms with Crippen LogP contribution in [-0.2, 0) is 4.84 Å². The zero-order chi connectivity index (χ0) is 6.95. The lowest BCUT2D eigenvalue weighted by atomic mass is 10.3. The molecule has 0 aromatic rings. The second-order valence-electron chi connectivity index (χ2n) is 1.82. The Balaban J connectivity index is 2.60. The first-order valence-corrected chi connectivity index (χ1v) is 3.46. The number of rotatable bonds is 6. The lowest BCUT2D eigenvalue weighted by molar-refractivity contribution is 0.0503. The van der Waals surface area contributed by atoms with Crippen LogP contribution in [0.5, 0.6) is 0 Å². The van der Waals surface area contributed by atoms with E-state index in [0.29, 0.717) is 0 Å². The van der Waals surface area contributed by atoms with Gasteiger partial charge in [0.1, 0.15) is 0 Å². The van der Waals surface area contributed by atoms with Crippen molar-refractivity contribution < 1.29 is 4.84 Å². The molecule has 0 aromatic carbocycles. The molecule has 0 saturated carbocycles. The van der Waals surface area contributed by atoms with Crippen LogP contribution in [0.1, 0.15) is 19.8 Å². The Kier molecular flexibility index (Phi) is 7.77. The Hall–Kier alpha value is -0.120. The number of unbranched alkanes of at least 4 members (excludes halogenated alkanes) is 1. The molecule has 0 bridgehead atoms. The molecule has 0 atom stereocenters. The normalized spacial score (nSPS) is 10.0. The van der Waals surface area contributed by atoms with Gasteiger partial charge in [-0.25, -0.2) is 5.48 Å². The second-order valence-corrected chi connectivity index (χ2v) is 1.82. The Bertz CT molecular complexity index is 44.3. The lowest BCUT2D eigenvalue weighted by Crippen LogP contribution is -2.16. The SMILES string of the molecule is CCONCCCCN. The van der Waals surface area contributed by atoms with E-state index in [1.807, 2.05) is 6.92 Å². The summed E-state index contributed by atoms with van der Waals surface area (Å²) in [4.78, 5) is 4.89. The topological polar surface area (TPSA) is 47.3 Å². The Morgan fingerprint density at radius 1 is 1.44 bits per heavy atom. The monoisotopic (exact) mass is 132 g/mol. The number of hydrogen-bond donors (Lipinski definition) is 2. The van der Waals surface area contributed by atoms with Crippen molar-refractivity contribution >= 4 is 0 Å². The minimum absolute atomic E-state index is 0.725. The highest BCUT2D eigenvalue weighted by Gasteiger charge is 1.83. The van der Waals surface area contributed by atoms with Crippen LogP contribution in [0.4, 0.5) is 0 Å². The molecule has 3 nitrogen and oxygen atoms in total. The molecule has 0 aromatic heterocycles. The largest absolute Gasteiger partial charge is 0.330 e. The molecular weight excluding hydrogens is 116 g/mol. The Labute approximate surface area is 56.5 Å². The van der Waals surface area contributed by atoms with Crippen LogP contribution in [0.15, 0.2) is 0 Å². The van der Waals surface area contributed by atoms with Crippen molar-refractivity contribution in [2.75, 3.05) is 19.7 Å². The molecule has 9 heavy (non-hydrogen) atoms. The van der Waals surface area contributed by atoms with Crippen LogP contribution in [-0.4, -0.2) is 19.7 Å². The molecule has 56 valence electrons. The van der Waals surface area contributed by atoms with Gasteiger partial charge in [0, 0.05) is 6.54 Å². The lowest BCUT2D eigenvalue weighted by Gasteiger charge is -2.00. The molecule has 3 heteroatoms. The van der Waals surface area contributed by atoms with E-state index < -0.39 is 0 Å². The van der Waals surface area contributed by atoms with Crippen molar-refractivity contribution in [2.45, 2.75) is 19.8 Å². The molecule has 0 aliphatic carbocycles.